The Morgan fingerprint density at radius 2 is 2.07 bits per heavy atom. The summed E-state index contributed by atoms with van der Waals surface area (Å²) < 4.78 is 5.12. The molecular formula is C10H7ClO3. The van der Waals surface area contributed by atoms with Gasteiger partial charge in [0, 0.05) is 10.9 Å². The van der Waals surface area contributed by atoms with E-state index in [0.717, 1.165) is 0 Å². The zero-order chi connectivity index (χ0) is 10.4. The first kappa shape index (κ1) is 10.4. The number of aliphatic carboxylic acids is 1. The van der Waals surface area contributed by atoms with Gasteiger partial charge in [0.15, 0.2) is 0 Å². The lowest BCUT2D eigenvalue weighted by Crippen LogP contribution is -1.95. The van der Waals surface area contributed by atoms with E-state index < -0.39 is 5.97 Å². The largest absolute Gasteiger partial charge is 0.481 e. The Morgan fingerprint density at radius 1 is 1.43 bits per heavy atom. The number of carboxylic acid groups (broad SMARTS) is 1. The Bertz CT molecular complexity index is 373. The number of carboxylic acids is 1. The van der Waals surface area contributed by atoms with Crippen LogP contribution in [0, 0.1) is 11.8 Å². The maximum absolute atomic E-state index is 10.0. The van der Waals surface area contributed by atoms with Crippen molar-refractivity contribution >= 4 is 17.6 Å². The molecule has 0 bridgehead atoms. The number of rotatable bonds is 2. The van der Waals surface area contributed by atoms with Gasteiger partial charge in [0.1, 0.15) is 12.4 Å². The summed E-state index contributed by atoms with van der Waals surface area (Å²) in [7, 11) is 0. The Kier molecular flexibility index (Phi) is 3.84. The highest BCUT2D eigenvalue weighted by molar-refractivity contribution is 6.30. The van der Waals surface area contributed by atoms with Crippen LogP contribution in [0.2, 0.25) is 5.02 Å². The van der Waals surface area contributed by atoms with Gasteiger partial charge in [-0.1, -0.05) is 11.6 Å². The molecule has 72 valence electrons. The molecule has 0 spiro atoms. The molecule has 0 unspecified atom stereocenters. The van der Waals surface area contributed by atoms with E-state index in [1.807, 2.05) is 5.92 Å². The second kappa shape index (κ2) is 5.15. The van der Waals surface area contributed by atoms with Crippen LogP contribution < -0.4 is 4.74 Å². The van der Waals surface area contributed by atoms with Crippen molar-refractivity contribution in [2.24, 2.45) is 0 Å². The van der Waals surface area contributed by atoms with Gasteiger partial charge in [-0.15, -0.1) is 0 Å². The molecule has 4 heteroatoms. The fourth-order valence-electron chi connectivity index (χ4n) is 0.762. The Labute approximate surface area is 86.3 Å². The van der Waals surface area contributed by atoms with Gasteiger partial charge in [-0.2, -0.15) is 0 Å². The minimum atomic E-state index is -1.16. The Balaban J connectivity index is 2.44. The molecule has 0 saturated heterocycles. The summed E-state index contributed by atoms with van der Waals surface area (Å²) in [6.07, 6.45) is 0. The average molecular weight is 211 g/mol. The van der Waals surface area contributed by atoms with Gasteiger partial charge in [-0.05, 0) is 30.2 Å². The summed E-state index contributed by atoms with van der Waals surface area (Å²) in [5.41, 5.74) is 0. The number of ether oxygens (including phenoxy) is 1. The van der Waals surface area contributed by atoms with E-state index in [4.69, 9.17) is 21.4 Å². The molecule has 0 radical (unpaired) electrons. The molecule has 14 heavy (non-hydrogen) atoms. The minimum absolute atomic E-state index is 0.0495. The fraction of sp³-hybridized carbons (Fsp3) is 0.100. The maximum Gasteiger partial charge on any atom is 0.382 e. The fourth-order valence-corrected chi connectivity index (χ4v) is 0.888. The molecule has 1 aromatic carbocycles. The first-order valence-corrected chi connectivity index (χ1v) is 4.16. The number of halogens is 1. The van der Waals surface area contributed by atoms with Gasteiger partial charge in [-0.3, -0.25) is 0 Å². The van der Waals surface area contributed by atoms with Crippen LogP contribution in [0.5, 0.6) is 5.75 Å². The van der Waals surface area contributed by atoms with Crippen LogP contribution >= 0.6 is 11.6 Å². The summed E-state index contributed by atoms with van der Waals surface area (Å²) in [6.45, 7) is 0.0495. The molecule has 1 rings (SSSR count). The van der Waals surface area contributed by atoms with Crippen LogP contribution in [0.4, 0.5) is 0 Å². The number of hydrogen-bond acceptors (Lipinski definition) is 2. The van der Waals surface area contributed by atoms with E-state index in [0.29, 0.717) is 10.8 Å². The third kappa shape index (κ3) is 3.83. The molecule has 0 atom stereocenters. The molecule has 0 aliphatic heterocycles. The van der Waals surface area contributed by atoms with Crippen LogP contribution in [-0.2, 0) is 4.79 Å². The molecule has 0 aromatic heterocycles. The van der Waals surface area contributed by atoms with Crippen LogP contribution in [0.15, 0.2) is 24.3 Å². The summed E-state index contributed by atoms with van der Waals surface area (Å²) in [5.74, 6) is 3.73. The van der Waals surface area contributed by atoms with Crippen molar-refractivity contribution in [2.45, 2.75) is 0 Å². The SMILES string of the molecule is O=C(O)C#CCOc1ccc(Cl)cc1. The smallest absolute Gasteiger partial charge is 0.382 e. The third-order valence-corrected chi connectivity index (χ3v) is 1.57. The summed E-state index contributed by atoms with van der Waals surface area (Å²) >= 11 is 5.65. The minimum Gasteiger partial charge on any atom is -0.481 e. The van der Waals surface area contributed by atoms with Crippen LogP contribution in [-0.4, -0.2) is 17.7 Å². The second-order valence-corrected chi connectivity index (χ2v) is 2.79. The molecule has 0 amide bonds. The standard InChI is InChI=1S/C10H7ClO3/c11-8-3-5-9(6-4-8)14-7-1-2-10(12)13/h3-6H,7H2,(H,12,13). The molecule has 1 aromatic rings. The first-order valence-electron chi connectivity index (χ1n) is 3.78. The topological polar surface area (TPSA) is 46.5 Å². The van der Waals surface area contributed by atoms with Gasteiger partial charge < -0.3 is 9.84 Å². The van der Waals surface area contributed by atoms with Crippen molar-refractivity contribution in [3.63, 3.8) is 0 Å². The molecule has 3 nitrogen and oxygen atoms in total. The molecule has 0 aliphatic rings. The van der Waals surface area contributed by atoms with Gasteiger partial charge >= 0.3 is 5.97 Å². The van der Waals surface area contributed by atoms with Crippen LogP contribution in [0.25, 0.3) is 0 Å². The lowest BCUT2D eigenvalue weighted by atomic mass is 10.3. The Hall–Kier alpha value is -1.66. The predicted molar refractivity (Wildman–Crippen MR) is 52.4 cm³/mol. The van der Waals surface area contributed by atoms with E-state index in [2.05, 4.69) is 5.92 Å². The molecule has 0 saturated carbocycles. The predicted octanol–water partition coefficient (Wildman–Crippen LogP) is 1.81. The van der Waals surface area contributed by atoms with E-state index in [9.17, 15) is 4.79 Å². The van der Waals surface area contributed by atoms with Crippen LogP contribution in [0.3, 0.4) is 0 Å². The highest BCUT2D eigenvalue weighted by Crippen LogP contribution is 2.14. The van der Waals surface area contributed by atoms with E-state index in [-0.39, 0.29) is 6.61 Å². The zero-order valence-electron chi connectivity index (χ0n) is 7.16. The summed E-state index contributed by atoms with van der Waals surface area (Å²) in [5, 5.41) is 8.82. The van der Waals surface area contributed by atoms with Crippen LogP contribution in [0.1, 0.15) is 0 Å². The molecule has 0 heterocycles. The second-order valence-electron chi connectivity index (χ2n) is 2.35. The normalized spacial score (nSPS) is 8.64. The Morgan fingerprint density at radius 3 is 2.64 bits per heavy atom. The third-order valence-electron chi connectivity index (χ3n) is 1.32. The lowest BCUT2D eigenvalue weighted by Gasteiger charge is -2.00. The van der Waals surface area contributed by atoms with Crippen molar-refractivity contribution in [3.05, 3.63) is 29.3 Å². The van der Waals surface area contributed by atoms with E-state index >= 15 is 0 Å². The monoisotopic (exact) mass is 210 g/mol. The highest BCUT2D eigenvalue weighted by Gasteiger charge is 1.91. The van der Waals surface area contributed by atoms with Crippen molar-refractivity contribution in [3.8, 4) is 17.6 Å². The van der Waals surface area contributed by atoms with Gasteiger partial charge in [-0.25, -0.2) is 4.79 Å². The number of benzene rings is 1. The zero-order valence-corrected chi connectivity index (χ0v) is 7.91. The summed E-state index contributed by atoms with van der Waals surface area (Å²) in [6, 6.07) is 6.73. The quantitative estimate of drug-likeness (QED) is 0.758. The number of hydrogen-bond donors (Lipinski definition) is 1. The van der Waals surface area contributed by atoms with E-state index in [1.165, 1.54) is 0 Å². The van der Waals surface area contributed by atoms with Crippen molar-refractivity contribution in [2.75, 3.05) is 6.61 Å². The highest BCUT2D eigenvalue weighted by atomic mass is 35.5. The van der Waals surface area contributed by atoms with Gasteiger partial charge in [0.25, 0.3) is 0 Å². The van der Waals surface area contributed by atoms with E-state index in [1.54, 1.807) is 24.3 Å². The van der Waals surface area contributed by atoms with Crippen molar-refractivity contribution < 1.29 is 14.6 Å². The molecular weight excluding hydrogens is 204 g/mol. The molecule has 0 aliphatic carbocycles. The van der Waals surface area contributed by atoms with Gasteiger partial charge in [0.05, 0.1) is 0 Å². The first-order chi connectivity index (χ1) is 6.68. The number of carbonyl (C=O) groups is 1. The van der Waals surface area contributed by atoms with Crippen molar-refractivity contribution in [1.82, 2.24) is 0 Å². The van der Waals surface area contributed by atoms with Crippen molar-refractivity contribution in [1.29, 1.82) is 0 Å². The summed E-state index contributed by atoms with van der Waals surface area (Å²) in [4.78, 5) is 10.0. The maximum atomic E-state index is 10.0. The molecule has 0 fully saturated rings. The average Bonchev–Trinajstić information content (AvgIpc) is 2.15. The molecule has 1 N–H and O–H groups in total. The van der Waals surface area contributed by atoms with Gasteiger partial charge in [0.2, 0.25) is 0 Å². The lowest BCUT2D eigenvalue weighted by molar-refractivity contribution is -0.130.